The van der Waals surface area contributed by atoms with Gasteiger partial charge >= 0.3 is 0 Å². The highest BCUT2D eigenvalue weighted by molar-refractivity contribution is 7.92. The maximum absolute atomic E-state index is 14.5. The summed E-state index contributed by atoms with van der Waals surface area (Å²) in [7, 11) is -3.85. The number of nitrogens with one attached hydrogen (secondary N) is 1. The zero-order chi connectivity index (χ0) is 34.1. The van der Waals surface area contributed by atoms with Crippen LogP contribution in [0.1, 0.15) is 75.5 Å². The van der Waals surface area contributed by atoms with E-state index in [-0.39, 0.29) is 30.3 Å². The van der Waals surface area contributed by atoms with Gasteiger partial charge in [-0.3, -0.25) is 13.9 Å². The monoisotopic (exact) mass is 689 g/mol. The Hall–Kier alpha value is -3.36. The zero-order valence-corrected chi connectivity index (χ0v) is 29.8. The van der Waals surface area contributed by atoms with Crippen molar-refractivity contribution in [3.05, 3.63) is 101 Å². The zero-order valence-electron chi connectivity index (χ0n) is 28.3. The van der Waals surface area contributed by atoms with Crippen LogP contribution in [-0.2, 0) is 38.0 Å². The van der Waals surface area contributed by atoms with Crippen molar-refractivity contribution in [1.29, 1.82) is 0 Å². The Balaban J connectivity index is 1.31. The fraction of sp³-hybridized carbons (Fsp3) is 0.487. The van der Waals surface area contributed by atoms with Crippen LogP contribution in [0.15, 0.2) is 78.9 Å². The van der Waals surface area contributed by atoms with Gasteiger partial charge in [0.25, 0.3) is 0 Å². The van der Waals surface area contributed by atoms with Crippen LogP contribution in [0.25, 0.3) is 0 Å². The molecule has 2 amide bonds. The van der Waals surface area contributed by atoms with E-state index < -0.39 is 28.5 Å². The van der Waals surface area contributed by atoms with E-state index in [1.807, 2.05) is 74.5 Å². The van der Waals surface area contributed by atoms with Crippen LogP contribution in [0.4, 0.5) is 5.69 Å². The van der Waals surface area contributed by atoms with E-state index in [4.69, 9.17) is 11.6 Å². The van der Waals surface area contributed by atoms with Crippen LogP contribution in [0, 0.1) is 17.8 Å². The Kier molecular flexibility index (Phi) is 10.2. The van der Waals surface area contributed by atoms with Gasteiger partial charge in [-0.2, -0.15) is 0 Å². The highest BCUT2D eigenvalue weighted by Gasteiger charge is 2.51. The van der Waals surface area contributed by atoms with Gasteiger partial charge in [0, 0.05) is 24.0 Å². The van der Waals surface area contributed by atoms with Gasteiger partial charge in [0.05, 0.1) is 11.9 Å². The number of carbonyl (C=O) groups excluding carboxylic acids is 2. The molecular weight excluding hydrogens is 642 g/mol. The molecule has 0 radical (unpaired) electrons. The third-order valence-electron chi connectivity index (χ3n) is 11.1. The minimum absolute atomic E-state index is 0.0481. The Morgan fingerprint density at radius 1 is 0.896 bits per heavy atom. The number of amides is 2. The van der Waals surface area contributed by atoms with Crippen LogP contribution < -0.4 is 9.62 Å². The molecule has 0 aromatic heterocycles. The highest BCUT2D eigenvalue weighted by Crippen LogP contribution is 2.60. The van der Waals surface area contributed by atoms with Crippen LogP contribution in [-0.4, -0.2) is 50.0 Å². The Morgan fingerprint density at radius 3 is 2.04 bits per heavy atom. The van der Waals surface area contributed by atoms with Gasteiger partial charge in [-0.05, 0) is 110 Å². The summed E-state index contributed by atoms with van der Waals surface area (Å²) >= 11 is 6.58. The van der Waals surface area contributed by atoms with Crippen molar-refractivity contribution < 1.29 is 18.0 Å². The van der Waals surface area contributed by atoms with Gasteiger partial charge in [0.1, 0.15) is 12.6 Å². The summed E-state index contributed by atoms with van der Waals surface area (Å²) in [4.78, 5) is 29.9. The molecule has 1 N–H and O–H groups in total. The lowest BCUT2D eigenvalue weighted by Gasteiger charge is -2.57. The molecule has 0 unspecified atom stereocenters. The molecule has 3 aromatic rings. The molecule has 4 bridgehead atoms. The van der Waals surface area contributed by atoms with Crippen LogP contribution >= 0.6 is 11.6 Å². The molecule has 0 heterocycles. The van der Waals surface area contributed by atoms with Gasteiger partial charge < -0.3 is 10.2 Å². The lowest BCUT2D eigenvalue weighted by molar-refractivity contribution is -0.140. The third-order valence-corrected chi connectivity index (χ3v) is 12.6. The Morgan fingerprint density at radius 2 is 1.48 bits per heavy atom. The summed E-state index contributed by atoms with van der Waals surface area (Å²) in [5, 5.41) is 3.53. The van der Waals surface area contributed by atoms with E-state index in [1.54, 1.807) is 6.07 Å². The van der Waals surface area contributed by atoms with Crippen LogP contribution in [0.2, 0.25) is 5.02 Å². The second-order valence-electron chi connectivity index (χ2n) is 14.7. The Labute approximate surface area is 291 Å². The molecule has 3 aromatic carbocycles. The highest BCUT2D eigenvalue weighted by atomic mass is 35.5. The lowest BCUT2D eigenvalue weighted by Crippen LogP contribution is -2.54. The molecule has 9 heteroatoms. The lowest BCUT2D eigenvalue weighted by atomic mass is 9.48. The van der Waals surface area contributed by atoms with E-state index in [1.165, 1.54) is 53.3 Å². The quantitative estimate of drug-likeness (QED) is 0.207. The van der Waals surface area contributed by atoms with Gasteiger partial charge in [0.15, 0.2) is 0 Å². The van der Waals surface area contributed by atoms with Crippen molar-refractivity contribution in [3.63, 3.8) is 0 Å². The maximum atomic E-state index is 14.5. The standard InChI is InChI=1S/C39H48ClN3O4S/c1-4-27(2)41-38(45)36(21-28-10-6-5-7-11-28)42(25-32-12-8-9-13-35(32)40)37(44)26-43(48(3,46)47)34-16-14-33(15-17-34)39-22-29-18-30(23-39)20-31(19-29)24-39/h5-17,27,29-31,36H,4,18-26H2,1-3H3,(H,41,45)/t27-,29?,30?,31?,36-,39?/m0/s1. The summed E-state index contributed by atoms with van der Waals surface area (Å²) in [6.07, 6.45) is 9.82. The smallest absolute Gasteiger partial charge is 0.244 e. The topological polar surface area (TPSA) is 86.8 Å². The molecule has 4 aliphatic carbocycles. The molecule has 0 aliphatic heterocycles. The predicted molar refractivity (Wildman–Crippen MR) is 192 cm³/mol. The summed E-state index contributed by atoms with van der Waals surface area (Å²) in [6.45, 7) is 3.52. The number of carbonyl (C=O) groups is 2. The van der Waals surface area contributed by atoms with Crippen molar-refractivity contribution in [2.45, 2.75) is 89.3 Å². The SMILES string of the molecule is CC[C@H](C)NC(=O)[C@H](Cc1ccccc1)N(Cc1ccccc1Cl)C(=O)CN(c1ccc(C23CC4CC(CC(C4)C2)C3)cc1)S(C)(=O)=O. The number of hydrogen-bond donors (Lipinski definition) is 1. The molecule has 4 saturated carbocycles. The minimum atomic E-state index is -3.85. The molecule has 4 fully saturated rings. The molecule has 256 valence electrons. The normalized spacial score (nSPS) is 24.1. The van der Waals surface area contributed by atoms with Crippen molar-refractivity contribution >= 4 is 39.1 Å². The number of halogens is 1. The molecule has 7 rings (SSSR count). The minimum Gasteiger partial charge on any atom is -0.352 e. The fourth-order valence-corrected chi connectivity index (χ4v) is 9.91. The number of nitrogens with zero attached hydrogens (tertiary/aromatic N) is 2. The number of anilines is 1. The van der Waals surface area contributed by atoms with E-state index in [0.717, 1.165) is 36.0 Å². The van der Waals surface area contributed by atoms with Gasteiger partial charge in [0.2, 0.25) is 21.8 Å². The molecular formula is C39H48ClN3O4S. The van der Waals surface area contributed by atoms with Crippen LogP contribution in [0.5, 0.6) is 0 Å². The van der Waals surface area contributed by atoms with Crippen molar-refractivity contribution in [1.82, 2.24) is 10.2 Å². The van der Waals surface area contributed by atoms with Crippen molar-refractivity contribution in [3.8, 4) is 0 Å². The molecule has 48 heavy (non-hydrogen) atoms. The van der Waals surface area contributed by atoms with E-state index in [0.29, 0.717) is 16.3 Å². The average molecular weight is 690 g/mol. The summed E-state index contributed by atoms with van der Waals surface area (Å²) < 4.78 is 27.9. The first kappa shape index (κ1) is 34.5. The molecule has 0 saturated heterocycles. The predicted octanol–water partition coefficient (Wildman–Crippen LogP) is 7.13. The summed E-state index contributed by atoms with van der Waals surface area (Å²) in [6, 6.07) is 23.7. The first-order valence-electron chi connectivity index (χ1n) is 17.4. The first-order chi connectivity index (χ1) is 22.9. The first-order valence-corrected chi connectivity index (χ1v) is 19.6. The second kappa shape index (κ2) is 14.2. The average Bonchev–Trinajstić information content (AvgIpc) is 3.05. The number of sulfonamides is 1. The Bertz CT molecular complexity index is 1680. The van der Waals surface area contributed by atoms with E-state index >= 15 is 0 Å². The molecule has 4 aliphatic rings. The largest absolute Gasteiger partial charge is 0.352 e. The van der Waals surface area contributed by atoms with Crippen molar-refractivity contribution in [2.24, 2.45) is 17.8 Å². The summed E-state index contributed by atoms with van der Waals surface area (Å²) in [5.41, 5.74) is 3.47. The van der Waals surface area contributed by atoms with Gasteiger partial charge in [-0.1, -0.05) is 79.2 Å². The molecule has 0 spiro atoms. The van der Waals surface area contributed by atoms with E-state index in [9.17, 15) is 18.0 Å². The summed E-state index contributed by atoms with van der Waals surface area (Å²) in [5.74, 6) is 1.62. The van der Waals surface area contributed by atoms with E-state index in [2.05, 4.69) is 17.4 Å². The van der Waals surface area contributed by atoms with Gasteiger partial charge in [-0.15, -0.1) is 0 Å². The molecule has 2 atom stereocenters. The fourth-order valence-electron chi connectivity index (χ4n) is 8.86. The third kappa shape index (κ3) is 7.60. The number of rotatable bonds is 13. The number of hydrogen-bond acceptors (Lipinski definition) is 4. The second-order valence-corrected chi connectivity index (χ2v) is 17.0. The molecule has 7 nitrogen and oxygen atoms in total. The number of benzene rings is 3. The van der Waals surface area contributed by atoms with Crippen LogP contribution in [0.3, 0.4) is 0 Å². The van der Waals surface area contributed by atoms with Crippen molar-refractivity contribution in [2.75, 3.05) is 17.1 Å². The van der Waals surface area contributed by atoms with Gasteiger partial charge in [-0.25, -0.2) is 8.42 Å². The maximum Gasteiger partial charge on any atom is 0.244 e.